The number of hydrogen-bond donors (Lipinski definition) is 1. The fraction of sp³-hybridized carbons (Fsp3) is 0.476. The molecule has 0 fully saturated rings. The number of nitrogens with zero attached hydrogens (tertiary/aromatic N) is 1. The first-order chi connectivity index (χ1) is 13.6. The molecule has 1 aromatic heterocycles. The maximum absolute atomic E-state index is 12.8. The molecule has 8 heteroatoms. The number of carbonyl (C=O) groups excluding carboxylic acids is 1. The highest BCUT2D eigenvalue weighted by atomic mass is 32.2. The van der Waals surface area contributed by atoms with Gasteiger partial charge in [-0.05, 0) is 50.8 Å². The van der Waals surface area contributed by atoms with Crippen molar-refractivity contribution < 1.29 is 17.9 Å². The number of nitrogens with one attached hydrogen (secondary N) is 1. The van der Waals surface area contributed by atoms with Gasteiger partial charge in [-0.15, -0.1) is 11.3 Å². The van der Waals surface area contributed by atoms with Gasteiger partial charge in [0.1, 0.15) is 4.21 Å². The van der Waals surface area contributed by atoms with Crippen molar-refractivity contribution in [2.24, 2.45) is 0 Å². The fourth-order valence-electron chi connectivity index (χ4n) is 3.69. The molecule has 158 valence electrons. The summed E-state index contributed by atoms with van der Waals surface area (Å²) in [6, 6.07) is 6.18. The second-order valence-corrected chi connectivity index (χ2v) is 10.8. The summed E-state index contributed by atoms with van der Waals surface area (Å²) in [7, 11) is -2.49. The number of thiophene rings is 1. The van der Waals surface area contributed by atoms with E-state index in [0.717, 1.165) is 23.5 Å². The van der Waals surface area contributed by atoms with Gasteiger partial charge in [0.25, 0.3) is 10.0 Å². The summed E-state index contributed by atoms with van der Waals surface area (Å²) in [5, 5.41) is 0. The second kappa shape index (κ2) is 8.55. The zero-order valence-corrected chi connectivity index (χ0v) is 19.2. The highest BCUT2D eigenvalue weighted by Crippen LogP contribution is 2.37. The zero-order chi connectivity index (χ0) is 21.3. The molecule has 3 rings (SSSR count). The summed E-state index contributed by atoms with van der Waals surface area (Å²) < 4.78 is 33.2. The van der Waals surface area contributed by atoms with Crippen LogP contribution in [0.3, 0.4) is 0 Å². The topological polar surface area (TPSA) is 75.7 Å². The third-order valence-corrected chi connectivity index (χ3v) is 8.41. The van der Waals surface area contributed by atoms with Crippen LogP contribution >= 0.6 is 11.3 Å². The predicted molar refractivity (Wildman–Crippen MR) is 115 cm³/mol. The highest BCUT2D eigenvalue weighted by Gasteiger charge is 2.34. The maximum Gasteiger partial charge on any atom is 0.340 e. The molecule has 6 nitrogen and oxygen atoms in total. The van der Waals surface area contributed by atoms with Gasteiger partial charge in [-0.3, -0.25) is 4.90 Å². The number of esters is 1. The molecular weight excluding hydrogens is 408 g/mol. The van der Waals surface area contributed by atoms with E-state index < -0.39 is 16.0 Å². The molecule has 0 amide bonds. The first kappa shape index (κ1) is 22.0. The maximum atomic E-state index is 12.8. The van der Waals surface area contributed by atoms with Crippen molar-refractivity contribution in [3.8, 4) is 0 Å². The van der Waals surface area contributed by atoms with Crippen LogP contribution in [0.4, 0.5) is 0 Å². The van der Waals surface area contributed by atoms with Crippen molar-refractivity contribution in [2.75, 3.05) is 13.7 Å². The van der Waals surface area contributed by atoms with E-state index in [9.17, 15) is 13.2 Å². The van der Waals surface area contributed by atoms with Gasteiger partial charge in [-0.1, -0.05) is 23.8 Å². The van der Waals surface area contributed by atoms with E-state index in [-0.39, 0.29) is 15.8 Å². The summed E-state index contributed by atoms with van der Waals surface area (Å²) in [4.78, 5) is 15.6. The van der Waals surface area contributed by atoms with Gasteiger partial charge < -0.3 is 4.74 Å². The number of fused-ring (bicyclic) bond motifs is 1. The number of aryl methyl sites for hydroxylation is 2. The number of sulfonamides is 1. The van der Waals surface area contributed by atoms with Crippen molar-refractivity contribution >= 4 is 27.3 Å². The molecule has 29 heavy (non-hydrogen) atoms. The predicted octanol–water partition coefficient (Wildman–Crippen LogP) is 3.40. The number of carbonyl (C=O) groups is 1. The Morgan fingerprint density at radius 1 is 1.31 bits per heavy atom. The molecule has 0 bridgehead atoms. The third kappa shape index (κ3) is 4.71. The van der Waals surface area contributed by atoms with Crippen molar-refractivity contribution in [1.82, 2.24) is 9.62 Å². The molecular formula is C21H28N2O4S2. The fourth-order valence-corrected chi connectivity index (χ4v) is 6.89. The summed E-state index contributed by atoms with van der Waals surface area (Å²) in [5.41, 5.74) is 4.76. The molecule has 0 radical (unpaired) electrons. The molecule has 0 aliphatic carbocycles. The van der Waals surface area contributed by atoms with Crippen LogP contribution in [-0.2, 0) is 34.3 Å². The lowest BCUT2D eigenvalue weighted by atomic mass is 10.0. The minimum Gasteiger partial charge on any atom is -0.465 e. The summed E-state index contributed by atoms with van der Waals surface area (Å²) in [6.45, 7) is 9.89. The number of rotatable bonds is 6. The largest absolute Gasteiger partial charge is 0.465 e. The molecule has 0 spiro atoms. The summed E-state index contributed by atoms with van der Waals surface area (Å²) in [5.74, 6) is -0.588. The minimum absolute atomic E-state index is 0.0661. The molecule has 0 unspecified atom stereocenters. The van der Waals surface area contributed by atoms with E-state index in [1.807, 2.05) is 0 Å². The Morgan fingerprint density at radius 2 is 2.03 bits per heavy atom. The van der Waals surface area contributed by atoms with Crippen molar-refractivity contribution in [1.29, 1.82) is 0 Å². The zero-order valence-electron chi connectivity index (χ0n) is 17.5. The third-order valence-electron chi connectivity index (χ3n) is 5.02. The number of ether oxygens (including phenoxy) is 1. The van der Waals surface area contributed by atoms with Crippen LogP contribution in [-0.4, -0.2) is 39.0 Å². The Morgan fingerprint density at radius 3 is 2.66 bits per heavy atom. The lowest BCUT2D eigenvalue weighted by Gasteiger charge is -2.27. The van der Waals surface area contributed by atoms with Gasteiger partial charge in [0.05, 0.1) is 12.7 Å². The molecule has 0 saturated carbocycles. The van der Waals surface area contributed by atoms with Gasteiger partial charge in [0.15, 0.2) is 0 Å². The SMILES string of the molecule is COC(=O)c1c(S(=O)(=O)NC(C)C)sc2c1CCN(Cc1ccc(C)cc1C)C2. The first-order valence-electron chi connectivity index (χ1n) is 9.66. The van der Waals surface area contributed by atoms with Crippen LogP contribution in [0.25, 0.3) is 0 Å². The van der Waals surface area contributed by atoms with Gasteiger partial charge in [-0.2, -0.15) is 0 Å². The standard InChI is InChI=1S/C21H28N2O4S2/c1-13(2)22-29(25,26)21-19(20(24)27-5)17-8-9-23(12-18(17)28-21)11-16-7-6-14(3)10-15(16)4/h6-7,10,13,22H,8-9,11-12H2,1-5H3. The average molecular weight is 437 g/mol. The number of hydrogen-bond acceptors (Lipinski definition) is 6. The lowest BCUT2D eigenvalue weighted by molar-refractivity contribution is 0.0595. The minimum atomic E-state index is -3.78. The molecule has 1 aliphatic rings. The van der Waals surface area contributed by atoms with E-state index in [0.29, 0.717) is 13.0 Å². The molecule has 0 saturated heterocycles. The van der Waals surface area contributed by atoms with Gasteiger partial charge >= 0.3 is 5.97 Å². The van der Waals surface area contributed by atoms with Gasteiger partial charge in [0.2, 0.25) is 0 Å². The summed E-state index contributed by atoms with van der Waals surface area (Å²) >= 11 is 1.18. The Bertz CT molecular complexity index is 1030. The van der Waals surface area contributed by atoms with Crippen molar-refractivity contribution in [3.05, 3.63) is 50.9 Å². The molecule has 1 aromatic carbocycles. The molecule has 0 atom stereocenters. The lowest BCUT2D eigenvalue weighted by Crippen LogP contribution is -2.31. The van der Waals surface area contributed by atoms with Crippen LogP contribution in [0, 0.1) is 13.8 Å². The first-order valence-corrected chi connectivity index (χ1v) is 12.0. The quantitative estimate of drug-likeness (QED) is 0.703. The monoisotopic (exact) mass is 436 g/mol. The van der Waals surface area contributed by atoms with E-state index in [1.165, 1.54) is 35.1 Å². The molecule has 1 N–H and O–H groups in total. The van der Waals surface area contributed by atoms with Crippen LogP contribution in [0.2, 0.25) is 0 Å². The van der Waals surface area contributed by atoms with Gasteiger partial charge in [0, 0.05) is 30.6 Å². The Balaban J connectivity index is 1.93. The Kier molecular flexibility index (Phi) is 6.48. The van der Waals surface area contributed by atoms with Crippen LogP contribution < -0.4 is 4.72 Å². The number of benzene rings is 1. The van der Waals surface area contributed by atoms with E-state index in [4.69, 9.17) is 4.74 Å². The average Bonchev–Trinajstić information content (AvgIpc) is 3.02. The van der Waals surface area contributed by atoms with E-state index in [2.05, 4.69) is 41.7 Å². The molecule has 2 heterocycles. The molecule has 2 aromatic rings. The Labute approximate surface area is 176 Å². The van der Waals surface area contributed by atoms with Gasteiger partial charge in [-0.25, -0.2) is 17.9 Å². The second-order valence-electron chi connectivity index (χ2n) is 7.82. The normalized spacial score (nSPS) is 14.8. The van der Waals surface area contributed by atoms with Crippen LogP contribution in [0.5, 0.6) is 0 Å². The molecule has 1 aliphatic heterocycles. The van der Waals surface area contributed by atoms with E-state index in [1.54, 1.807) is 13.8 Å². The summed E-state index contributed by atoms with van der Waals surface area (Å²) in [6.07, 6.45) is 0.623. The van der Waals surface area contributed by atoms with Crippen molar-refractivity contribution in [2.45, 2.75) is 57.5 Å². The van der Waals surface area contributed by atoms with E-state index >= 15 is 0 Å². The Hall–Kier alpha value is -1.74. The van der Waals surface area contributed by atoms with Crippen molar-refractivity contribution in [3.63, 3.8) is 0 Å². The number of methoxy groups -OCH3 is 1. The van der Waals surface area contributed by atoms with Crippen LogP contribution in [0.15, 0.2) is 22.4 Å². The van der Waals surface area contributed by atoms with Crippen LogP contribution in [0.1, 0.15) is 51.3 Å². The smallest absolute Gasteiger partial charge is 0.340 e. The highest BCUT2D eigenvalue weighted by molar-refractivity contribution is 7.91.